The maximum absolute atomic E-state index is 12.8. The zero-order valence-electron chi connectivity index (χ0n) is 13.7. The summed E-state index contributed by atoms with van der Waals surface area (Å²) >= 11 is 0. The summed E-state index contributed by atoms with van der Waals surface area (Å²) in [5.41, 5.74) is 5.10. The molecule has 0 spiro atoms. The SMILES string of the molecule is O=C(CCc1ccc(F)cc1)NNC(=O)CNS(=O)(=O)c1ccccc1. The maximum atomic E-state index is 12.8. The molecule has 0 aliphatic rings. The van der Waals surface area contributed by atoms with Crippen LogP contribution >= 0.6 is 0 Å². The molecule has 0 aliphatic heterocycles. The van der Waals surface area contributed by atoms with Gasteiger partial charge in [-0.3, -0.25) is 20.4 Å². The van der Waals surface area contributed by atoms with Gasteiger partial charge in [-0.2, -0.15) is 0 Å². The molecule has 0 saturated heterocycles. The van der Waals surface area contributed by atoms with Crippen LogP contribution in [0.2, 0.25) is 0 Å². The van der Waals surface area contributed by atoms with Crippen molar-refractivity contribution in [1.29, 1.82) is 0 Å². The fourth-order valence-electron chi connectivity index (χ4n) is 2.00. The van der Waals surface area contributed by atoms with Gasteiger partial charge in [0.15, 0.2) is 0 Å². The smallest absolute Gasteiger partial charge is 0.253 e. The minimum atomic E-state index is -3.80. The Hall–Kier alpha value is -2.78. The lowest BCUT2D eigenvalue weighted by molar-refractivity contribution is -0.128. The third-order valence-electron chi connectivity index (χ3n) is 3.37. The summed E-state index contributed by atoms with van der Waals surface area (Å²) in [5.74, 6) is -1.52. The first-order chi connectivity index (χ1) is 12.4. The minimum absolute atomic E-state index is 0.0381. The first kappa shape index (κ1) is 19.5. The lowest BCUT2D eigenvalue weighted by Crippen LogP contribution is -2.46. The van der Waals surface area contributed by atoms with E-state index >= 15 is 0 Å². The van der Waals surface area contributed by atoms with Crippen molar-refractivity contribution in [2.24, 2.45) is 0 Å². The Morgan fingerprint density at radius 3 is 2.15 bits per heavy atom. The van der Waals surface area contributed by atoms with Crippen molar-refractivity contribution >= 4 is 21.8 Å². The Morgan fingerprint density at radius 1 is 0.885 bits per heavy atom. The molecule has 0 bridgehead atoms. The molecule has 3 N–H and O–H groups in total. The normalized spacial score (nSPS) is 11.0. The molecule has 0 aromatic heterocycles. The first-order valence-corrected chi connectivity index (χ1v) is 9.22. The Morgan fingerprint density at radius 2 is 1.50 bits per heavy atom. The number of nitrogens with one attached hydrogen (secondary N) is 3. The largest absolute Gasteiger partial charge is 0.273 e. The second kappa shape index (κ2) is 9.07. The van der Waals surface area contributed by atoms with E-state index in [0.717, 1.165) is 5.56 Å². The van der Waals surface area contributed by atoms with Crippen LogP contribution in [-0.2, 0) is 26.0 Å². The van der Waals surface area contributed by atoms with Gasteiger partial charge in [0.25, 0.3) is 5.91 Å². The van der Waals surface area contributed by atoms with Gasteiger partial charge in [0.1, 0.15) is 5.82 Å². The molecule has 138 valence electrons. The molecule has 2 aromatic rings. The van der Waals surface area contributed by atoms with E-state index in [1.807, 2.05) is 0 Å². The minimum Gasteiger partial charge on any atom is -0.273 e. The third-order valence-corrected chi connectivity index (χ3v) is 4.79. The van der Waals surface area contributed by atoms with Crippen LogP contribution in [0.3, 0.4) is 0 Å². The zero-order valence-corrected chi connectivity index (χ0v) is 14.6. The van der Waals surface area contributed by atoms with Crippen LogP contribution in [0, 0.1) is 5.82 Å². The third kappa shape index (κ3) is 6.26. The highest BCUT2D eigenvalue weighted by atomic mass is 32.2. The van der Waals surface area contributed by atoms with Crippen molar-refractivity contribution in [3.05, 3.63) is 66.0 Å². The van der Waals surface area contributed by atoms with Crippen molar-refractivity contribution in [2.45, 2.75) is 17.7 Å². The number of amides is 2. The van der Waals surface area contributed by atoms with Crippen molar-refractivity contribution in [3.63, 3.8) is 0 Å². The predicted molar refractivity (Wildman–Crippen MR) is 92.6 cm³/mol. The van der Waals surface area contributed by atoms with Crippen molar-refractivity contribution < 1.29 is 22.4 Å². The van der Waals surface area contributed by atoms with Crippen LogP contribution in [0.5, 0.6) is 0 Å². The molecule has 2 aromatic carbocycles. The summed E-state index contributed by atoms with van der Waals surface area (Å²) in [6, 6.07) is 13.3. The monoisotopic (exact) mass is 379 g/mol. The van der Waals surface area contributed by atoms with Gasteiger partial charge in [0.2, 0.25) is 15.9 Å². The van der Waals surface area contributed by atoms with Gasteiger partial charge in [-0.25, -0.2) is 17.5 Å². The van der Waals surface area contributed by atoms with Crippen LogP contribution in [0.4, 0.5) is 4.39 Å². The average molecular weight is 379 g/mol. The number of halogens is 1. The van der Waals surface area contributed by atoms with E-state index in [1.54, 1.807) is 30.3 Å². The highest BCUT2D eigenvalue weighted by Gasteiger charge is 2.15. The molecule has 0 unspecified atom stereocenters. The van der Waals surface area contributed by atoms with Gasteiger partial charge in [-0.15, -0.1) is 0 Å². The Labute approximate surface area is 150 Å². The zero-order chi connectivity index (χ0) is 19.0. The Balaban J connectivity index is 1.71. The fraction of sp³-hybridized carbons (Fsp3) is 0.176. The van der Waals surface area contributed by atoms with E-state index < -0.39 is 28.4 Å². The van der Waals surface area contributed by atoms with E-state index in [-0.39, 0.29) is 17.1 Å². The Bertz CT molecular complexity index is 855. The molecule has 26 heavy (non-hydrogen) atoms. The molecular formula is C17H18FN3O4S. The predicted octanol–water partition coefficient (Wildman–Crippen LogP) is 0.884. The number of carbonyl (C=O) groups is 2. The van der Waals surface area contributed by atoms with E-state index in [0.29, 0.717) is 6.42 Å². The summed E-state index contributed by atoms with van der Waals surface area (Å²) in [4.78, 5) is 23.4. The second-order valence-electron chi connectivity index (χ2n) is 5.36. The quantitative estimate of drug-likeness (QED) is 0.621. The number of rotatable bonds is 7. The lowest BCUT2D eigenvalue weighted by atomic mass is 10.1. The molecule has 7 nitrogen and oxygen atoms in total. The molecular weight excluding hydrogens is 361 g/mol. The summed E-state index contributed by atoms with van der Waals surface area (Å²) in [6.07, 6.45) is 0.463. The summed E-state index contributed by atoms with van der Waals surface area (Å²) in [5, 5.41) is 0. The van der Waals surface area contributed by atoms with E-state index in [1.165, 1.54) is 24.3 Å². The molecule has 2 rings (SSSR count). The van der Waals surface area contributed by atoms with Crippen molar-refractivity contribution in [3.8, 4) is 0 Å². The molecule has 0 aliphatic carbocycles. The maximum Gasteiger partial charge on any atom is 0.253 e. The lowest BCUT2D eigenvalue weighted by Gasteiger charge is -2.09. The topological polar surface area (TPSA) is 104 Å². The molecule has 0 radical (unpaired) electrons. The van der Waals surface area contributed by atoms with Gasteiger partial charge in [-0.05, 0) is 36.2 Å². The highest BCUT2D eigenvalue weighted by molar-refractivity contribution is 7.89. The van der Waals surface area contributed by atoms with E-state index in [2.05, 4.69) is 15.6 Å². The number of carbonyl (C=O) groups excluding carboxylic acids is 2. The van der Waals surface area contributed by atoms with Gasteiger partial charge < -0.3 is 0 Å². The van der Waals surface area contributed by atoms with Crippen LogP contribution in [0.15, 0.2) is 59.5 Å². The highest BCUT2D eigenvalue weighted by Crippen LogP contribution is 2.06. The molecule has 0 fully saturated rings. The summed E-state index contributed by atoms with van der Waals surface area (Å²) < 4.78 is 38.8. The van der Waals surface area contributed by atoms with Crippen LogP contribution in [-0.4, -0.2) is 26.8 Å². The number of hydrazine groups is 1. The Kier molecular flexibility index (Phi) is 6.81. The molecule has 9 heteroatoms. The van der Waals surface area contributed by atoms with Crippen LogP contribution in [0.25, 0.3) is 0 Å². The number of sulfonamides is 1. The van der Waals surface area contributed by atoms with Crippen molar-refractivity contribution in [2.75, 3.05) is 6.54 Å². The van der Waals surface area contributed by atoms with Gasteiger partial charge in [0, 0.05) is 6.42 Å². The molecule has 0 heterocycles. The summed E-state index contributed by atoms with van der Waals surface area (Å²) in [6.45, 7) is -0.518. The molecule has 0 atom stereocenters. The first-order valence-electron chi connectivity index (χ1n) is 7.74. The fourth-order valence-corrected chi connectivity index (χ4v) is 3.00. The van der Waals surface area contributed by atoms with Crippen molar-refractivity contribution in [1.82, 2.24) is 15.6 Å². The molecule has 0 saturated carbocycles. The number of aryl methyl sites for hydroxylation is 1. The van der Waals surface area contributed by atoms with Crippen LogP contribution < -0.4 is 15.6 Å². The molecule has 2 amide bonds. The standard InChI is InChI=1S/C17H18FN3O4S/c18-14-9-6-13(7-10-14)8-11-16(22)20-21-17(23)12-19-26(24,25)15-4-2-1-3-5-15/h1-7,9-10,19H,8,11-12H2,(H,20,22)(H,21,23). The van der Waals surface area contributed by atoms with Gasteiger partial charge in [-0.1, -0.05) is 30.3 Å². The average Bonchev–Trinajstić information content (AvgIpc) is 2.65. The summed E-state index contributed by atoms with van der Waals surface area (Å²) in [7, 11) is -3.80. The van der Waals surface area contributed by atoms with Crippen LogP contribution in [0.1, 0.15) is 12.0 Å². The van der Waals surface area contributed by atoms with E-state index in [4.69, 9.17) is 0 Å². The van der Waals surface area contributed by atoms with Gasteiger partial charge in [0.05, 0.1) is 11.4 Å². The number of benzene rings is 2. The van der Waals surface area contributed by atoms with Gasteiger partial charge >= 0.3 is 0 Å². The number of hydrogen-bond acceptors (Lipinski definition) is 4. The second-order valence-corrected chi connectivity index (χ2v) is 7.13. The van der Waals surface area contributed by atoms with E-state index in [9.17, 15) is 22.4 Å². The number of hydrogen-bond donors (Lipinski definition) is 3.